The molecule has 0 bridgehead atoms. The van der Waals surface area contributed by atoms with E-state index in [2.05, 4.69) is 10.1 Å². The summed E-state index contributed by atoms with van der Waals surface area (Å²) >= 11 is 0. The second kappa shape index (κ2) is 3.86. The normalized spacial score (nSPS) is 13.0. The zero-order valence-corrected chi connectivity index (χ0v) is 8.84. The van der Waals surface area contributed by atoms with Crippen LogP contribution in [0.5, 0.6) is 0 Å². The van der Waals surface area contributed by atoms with Crippen LogP contribution in [0, 0.1) is 0 Å². The minimum absolute atomic E-state index is 0.104. The van der Waals surface area contributed by atoms with E-state index in [1.807, 2.05) is 18.9 Å². The molecule has 2 heterocycles. The number of nitrogens with two attached hydrogens (primary N) is 1. The van der Waals surface area contributed by atoms with Crippen molar-refractivity contribution in [2.45, 2.75) is 13.0 Å². The van der Waals surface area contributed by atoms with Gasteiger partial charge in [0.05, 0.1) is 11.6 Å². The summed E-state index contributed by atoms with van der Waals surface area (Å²) in [6, 6.07) is 1.90. The maximum absolute atomic E-state index is 5.74. The lowest BCUT2D eigenvalue weighted by atomic mass is 10.3. The summed E-state index contributed by atoms with van der Waals surface area (Å²) < 4.78 is 5.07. The molecular formula is C10H14N4O. The summed E-state index contributed by atoms with van der Waals surface area (Å²) in [6.07, 6.45) is 3.38. The van der Waals surface area contributed by atoms with Crippen LogP contribution in [0.3, 0.4) is 0 Å². The number of hydrogen-bond acceptors (Lipinski definition) is 5. The summed E-state index contributed by atoms with van der Waals surface area (Å²) in [4.78, 5) is 6.31. The SMILES string of the molecule is CC(N)CN(C)c1nccc2oncc12. The Morgan fingerprint density at radius 3 is 3.13 bits per heavy atom. The van der Waals surface area contributed by atoms with E-state index in [-0.39, 0.29) is 6.04 Å². The van der Waals surface area contributed by atoms with Crippen LogP contribution in [-0.4, -0.2) is 29.8 Å². The van der Waals surface area contributed by atoms with Crippen LogP contribution < -0.4 is 10.6 Å². The second-order valence-corrected chi connectivity index (χ2v) is 3.73. The van der Waals surface area contributed by atoms with Gasteiger partial charge in [-0.3, -0.25) is 0 Å². The number of likely N-dealkylation sites (N-methyl/N-ethyl adjacent to an activating group) is 1. The van der Waals surface area contributed by atoms with Gasteiger partial charge in [0.15, 0.2) is 5.58 Å². The number of aromatic nitrogens is 2. The first-order valence-corrected chi connectivity index (χ1v) is 4.84. The molecule has 0 radical (unpaired) electrons. The van der Waals surface area contributed by atoms with Gasteiger partial charge >= 0.3 is 0 Å². The highest BCUT2D eigenvalue weighted by atomic mass is 16.5. The van der Waals surface area contributed by atoms with Gasteiger partial charge in [-0.05, 0) is 6.92 Å². The van der Waals surface area contributed by atoms with Gasteiger partial charge in [0.1, 0.15) is 5.82 Å². The zero-order chi connectivity index (χ0) is 10.8. The van der Waals surface area contributed by atoms with Gasteiger partial charge in [-0.1, -0.05) is 5.16 Å². The third kappa shape index (κ3) is 1.92. The molecule has 5 nitrogen and oxygen atoms in total. The molecule has 2 aromatic rings. The Kier molecular flexibility index (Phi) is 2.55. The Bertz CT molecular complexity index is 451. The Morgan fingerprint density at radius 1 is 1.60 bits per heavy atom. The molecule has 1 unspecified atom stereocenters. The van der Waals surface area contributed by atoms with Crippen molar-refractivity contribution in [2.75, 3.05) is 18.5 Å². The van der Waals surface area contributed by atoms with Crippen molar-refractivity contribution >= 4 is 16.8 Å². The summed E-state index contributed by atoms with van der Waals surface area (Å²) in [6.45, 7) is 2.71. The summed E-state index contributed by atoms with van der Waals surface area (Å²) in [5.41, 5.74) is 6.49. The Balaban J connectivity index is 2.38. The third-order valence-electron chi connectivity index (χ3n) is 2.19. The van der Waals surface area contributed by atoms with Crippen LogP contribution in [0.4, 0.5) is 5.82 Å². The monoisotopic (exact) mass is 206 g/mol. The van der Waals surface area contributed by atoms with Gasteiger partial charge in [-0.15, -0.1) is 0 Å². The largest absolute Gasteiger partial charge is 0.357 e. The predicted molar refractivity (Wildman–Crippen MR) is 58.7 cm³/mol. The lowest BCUT2D eigenvalue weighted by Crippen LogP contribution is -2.33. The van der Waals surface area contributed by atoms with Crippen molar-refractivity contribution in [1.82, 2.24) is 10.1 Å². The van der Waals surface area contributed by atoms with E-state index in [0.717, 1.165) is 23.3 Å². The number of anilines is 1. The van der Waals surface area contributed by atoms with Gasteiger partial charge in [0.25, 0.3) is 0 Å². The first kappa shape index (κ1) is 9.92. The highest BCUT2D eigenvalue weighted by Gasteiger charge is 2.11. The topological polar surface area (TPSA) is 68.2 Å². The zero-order valence-electron chi connectivity index (χ0n) is 8.84. The van der Waals surface area contributed by atoms with E-state index < -0.39 is 0 Å². The molecule has 0 amide bonds. The fraction of sp³-hybridized carbons (Fsp3) is 0.400. The van der Waals surface area contributed by atoms with E-state index in [1.165, 1.54) is 0 Å². The lowest BCUT2D eigenvalue weighted by molar-refractivity contribution is 0.456. The maximum Gasteiger partial charge on any atom is 0.172 e. The second-order valence-electron chi connectivity index (χ2n) is 3.73. The van der Waals surface area contributed by atoms with Crippen molar-refractivity contribution in [3.8, 4) is 0 Å². The molecule has 1 atom stereocenters. The Labute approximate surface area is 87.9 Å². The predicted octanol–water partition coefficient (Wildman–Crippen LogP) is 1.01. The lowest BCUT2D eigenvalue weighted by Gasteiger charge is -2.20. The number of nitrogens with zero attached hydrogens (tertiary/aromatic N) is 3. The molecule has 0 saturated heterocycles. The summed E-state index contributed by atoms with van der Waals surface area (Å²) in [5.74, 6) is 0.853. The van der Waals surface area contributed by atoms with E-state index in [0.29, 0.717) is 0 Å². The molecule has 80 valence electrons. The standard InChI is InChI=1S/C10H14N4O/c1-7(11)6-14(2)10-8-5-13-15-9(8)3-4-12-10/h3-5,7H,6,11H2,1-2H3. The molecule has 0 spiro atoms. The van der Waals surface area contributed by atoms with Crippen LogP contribution in [0.2, 0.25) is 0 Å². The first-order chi connectivity index (χ1) is 7.18. The van der Waals surface area contributed by atoms with Gasteiger partial charge in [-0.25, -0.2) is 4.98 Å². The van der Waals surface area contributed by atoms with E-state index >= 15 is 0 Å². The fourth-order valence-corrected chi connectivity index (χ4v) is 1.60. The molecule has 0 aliphatic heterocycles. The van der Waals surface area contributed by atoms with Gasteiger partial charge in [0.2, 0.25) is 0 Å². The van der Waals surface area contributed by atoms with Crippen molar-refractivity contribution in [3.63, 3.8) is 0 Å². The Morgan fingerprint density at radius 2 is 2.40 bits per heavy atom. The highest BCUT2D eigenvalue weighted by Crippen LogP contribution is 2.22. The third-order valence-corrected chi connectivity index (χ3v) is 2.19. The maximum atomic E-state index is 5.74. The number of rotatable bonds is 3. The summed E-state index contributed by atoms with van der Waals surface area (Å²) in [5, 5.41) is 4.67. The van der Waals surface area contributed by atoms with Crippen molar-refractivity contribution in [1.29, 1.82) is 0 Å². The smallest absolute Gasteiger partial charge is 0.172 e. The van der Waals surface area contributed by atoms with E-state index in [1.54, 1.807) is 18.5 Å². The molecule has 0 fully saturated rings. The molecule has 0 aromatic carbocycles. The first-order valence-electron chi connectivity index (χ1n) is 4.84. The fourth-order valence-electron chi connectivity index (χ4n) is 1.60. The van der Waals surface area contributed by atoms with Crippen LogP contribution in [0.25, 0.3) is 11.0 Å². The van der Waals surface area contributed by atoms with Crippen LogP contribution in [-0.2, 0) is 0 Å². The number of hydrogen-bond donors (Lipinski definition) is 1. The molecule has 2 N–H and O–H groups in total. The van der Waals surface area contributed by atoms with E-state index in [4.69, 9.17) is 10.3 Å². The molecule has 15 heavy (non-hydrogen) atoms. The average Bonchev–Trinajstić information content (AvgIpc) is 2.63. The minimum Gasteiger partial charge on any atom is -0.357 e. The van der Waals surface area contributed by atoms with Gasteiger partial charge in [-0.2, -0.15) is 0 Å². The average molecular weight is 206 g/mol. The molecule has 2 aromatic heterocycles. The quantitative estimate of drug-likeness (QED) is 0.811. The van der Waals surface area contributed by atoms with Crippen LogP contribution in [0.15, 0.2) is 23.0 Å². The van der Waals surface area contributed by atoms with Crippen molar-refractivity contribution < 1.29 is 4.52 Å². The molecule has 2 rings (SSSR count). The van der Waals surface area contributed by atoms with Crippen molar-refractivity contribution in [2.24, 2.45) is 5.73 Å². The van der Waals surface area contributed by atoms with Gasteiger partial charge in [0, 0.05) is 31.9 Å². The molecular weight excluding hydrogens is 192 g/mol. The van der Waals surface area contributed by atoms with Gasteiger partial charge < -0.3 is 15.2 Å². The van der Waals surface area contributed by atoms with Crippen LogP contribution >= 0.6 is 0 Å². The van der Waals surface area contributed by atoms with Crippen molar-refractivity contribution in [3.05, 3.63) is 18.5 Å². The highest BCUT2D eigenvalue weighted by molar-refractivity contribution is 5.87. The summed E-state index contributed by atoms with van der Waals surface area (Å²) in [7, 11) is 1.96. The van der Waals surface area contributed by atoms with E-state index in [9.17, 15) is 0 Å². The molecule has 0 saturated carbocycles. The molecule has 0 aliphatic rings. The molecule has 0 aliphatic carbocycles. The Hall–Kier alpha value is -1.62. The van der Waals surface area contributed by atoms with Crippen LogP contribution in [0.1, 0.15) is 6.92 Å². The minimum atomic E-state index is 0.104. The number of pyridine rings is 1. The molecule has 5 heteroatoms. The number of fused-ring (bicyclic) bond motifs is 1.